The Kier molecular flexibility index (Phi) is 4.08. The van der Waals surface area contributed by atoms with Gasteiger partial charge in [0, 0.05) is 0 Å². The van der Waals surface area contributed by atoms with Crippen molar-refractivity contribution < 1.29 is 22.7 Å². The standard InChI is InChI=1S/C15H11F3O2/c16-15(17,18)12-6-4-5-11(9-12)10-14(19)20-13-7-2-1-3-8-13/h1-9H,10H2. The van der Waals surface area contributed by atoms with E-state index in [1.54, 1.807) is 30.3 Å². The van der Waals surface area contributed by atoms with Crippen LogP contribution < -0.4 is 4.74 Å². The van der Waals surface area contributed by atoms with E-state index in [0.717, 1.165) is 12.1 Å². The van der Waals surface area contributed by atoms with Crippen LogP contribution in [-0.4, -0.2) is 5.97 Å². The van der Waals surface area contributed by atoms with Gasteiger partial charge in [0.05, 0.1) is 12.0 Å². The monoisotopic (exact) mass is 280 g/mol. The largest absolute Gasteiger partial charge is 0.426 e. The molecule has 0 heterocycles. The molecule has 0 saturated carbocycles. The summed E-state index contributed by atoms with van der Waals surface area (Å²) >= 11 is 0. The smallest absolute Gasteiger partial charge is 0.416 e. The molecule has 2 aromatic rings. The van der Waals surface area contributed by atoms with E-state index in [0.29, 0.717) is 5.75 Å². The second kappa shape index (κ2) is 5.77. The van der Waals surface area contributed by atoms with Crippen LogP contribution in [0.15, 0.2) is 54.6 Å². The molecule has 0 fully saturated rings. The lowest BCUT2D eigenvalue weighted by Gasteiger charge is -2.08. The van der Waals surface area contributed by atoms with E-state index in [4.69, 9.17) is 4.74 Å². The molecular formula is C15H11F3O2. The Bertz CT molecular complexity index is 592. The van der Waals surface area contributed by atoms with Crippen molar-refractivity contribution in [3.05, 3.63) is 65.7 Å². The molecular weight excluding hydrogens is 269 g/mol. The zero-order valence-corrected chi connectivity index (χ0v) is 10.4. The van der Waals surface area contributed by atoms with Crippen LogP contribution in [0.3, 0.4) is 0 Å². The van der Waals surface area contributed by atoms with Crippen molar-refractivity contribution in [2.45, 2.75) is 12.6 Å². The Balaban J connectivity index is 2.05. The fourth-order valence-electron chi connectivity index (χ4n) is 1.68. The van der Waals surface area contributed by atoms with Crippen LogP contribution in [0.2, 0.25) is 0 Å². The molecule has 0 bridgehead atoms. The molecule has 2 rings (SSSR count). The number of ether oxygens (including phenoxy) is 1. The molecule has 104 valence electrons. The lowest BCUT2D eigenvalue weighted by Crippen LogP contribution is -2.12. The number of alkyl halides is 3. The van der Waals surface area contributed by atoms with E-state index in [2.05, 4.69) is 0 Å². The molecule has 2 nitrogen and oxygen atoms in total. The lowest BCUT2D eigenvalue weighted by atomic mass is 10.1. The van der Waals surface area contributed by atoms with Crippen LogP contribution in [-0.2, 0) is 17.4 Å². The summed E-state index contributed by atoms with van der Waals surface area (Å²) in [5, 5.41) is 0. The van der Waals surface area contributed by atoms with Crippen molar-refractivity contribution in [2.24, 2.45) is 0 Å². The van der Waals surface area contributed by atoms with Crippen molar-refractivity contribution >= 4 is 5.97 Å². The third-order valence-corrected chi connectivity index (χ3v) is 2.58. The highest BCUT2D eigenvalue weighted by Gasteiger charge is 2.30. The summed E-state index contributed by atoms with van der Waals surface area (Å²) in [6, 6.07) is 13.0. The summed E-state index contributed by atoms with van der Waals surface area (Å²) in [5.74, 6) is -0.236. The van der Waals surface area contributed by atoms with Crippen molar-refractivity contribution in [3.63, 3.8) is 0 Å². The molecule has 0 saturated heterocycles. The van der Waals surface area contributed by atoms with E-state index in [-0.39, 0.29) is 12.0 Å². The fraction of sp³-hybridized carbons (Fsp3) is 0.133. The Labute approximate surface area is 113 Å². The lowest BCUT2D eigenvalue weighted by molar-refractivity contribution is -0.138. The van der Waals surface area contributed by atoms with Gasteiger partial charge in [-0.3, -0.25) is 4.79 Å². The average Bonchev–Trinajstić information content (AvgIpc) is 2.39. The number of para-hydroxylation sites is 1. The molecule has 0 unspecified atom stereocenters. The first kappa shape index (κ1) is 14.1. The minimum absolute atomic E-state index is 0.210. The van der Waals surface area contributed by atoms with Gasteiger partial charge in [0.25, 0.3) is 0 Å². The predicted molar refractivity (Wildman–Crippen MR) is 67.2 cm³/mol. The Hall–Kier alpha value is -2.30. The van der Waals surface area contributed by atoms with Crippen LogP contribution in [0.5, 0.6) is 5.75 Å². The molecule has 0 aromatic heterocycles. The van der Waals surface area contributed by atoms with Crippen molar-refractivity contribution in [1.82, 2.24) is 0 Å². The van der Waals surface area contributed by atoms with Gasteiger partial charge < -0.3 is 4.74 Å². The molecule has 5 heteroatoms. The number of benzene rings is 2. The first-order valence-corrected chi connectivity index (χ1v) is 5.87. The second-order valence-corrected chi connectivity index (χ2v) is 4.16. The Morgan fingerprint density at radius 1 is 1.00 bits per heavy atom. The SMILES string of the molecule is O=C(Cc1cccc(C(F)(F)F)c1)Oc1ccccc1. The van der Waals surface area contributed by atoms with Gasteiger partial charge in [0.1, 0.15) is 5.75 Å². The Morgan fingerprint density at radius 3 is 2.35 bits per heavy atom. The summed E-state index contributed by atoms with van der Waals surface area (Å²) in [4.78, 5) is 11.6. The van der Waals surface area contributed by atoms with Gasteiger partial charge in [-0.25, -0.2) is 0 Å². The van der Waals surface area contributed by atoms with Gasteiger partial charge in [-0.2, -0.15) is 13.2 Å². The second-order valence-electron chi connectivity index (χ2n) is 4.16. The number of rotatable bonds is 3. The van der Waals surface area contributed by atoms with Gasteiger partial charge in [-0.1, -0.05) is 36.4 Å². The van der Waals surface area contributed by atoms with E-state index < -0.39 is 17.7 Å². The van der Waals surface area contributed by atoms with E-state index in [9.17, 15) is 18.0 Å². The minimum atomic E-state index is -4.42. The highest BCUT2D eigenvalue weighted by Crippen LogP contribution is 2.29. The zero-order chi connectivity index (χ0) is 14.6. The van der Waals surface area contributed by atoms with E-state index in [1.807, 2.05) is 0 Å². The molecule has 0 aliphatic heterocycles. The van der Waals surface area contributed by atoms with Crippen molar-refractivity contribution in [1.29, 1.82) is 0 Å². The quantitative estimate of drug-likeness (QED) is 0.630. The first-order chi connectivity index (χ1) is 9.45. The zero-order valence-electron chi connectivity index (χ0n) is 10.4. The summed E-state index contributed by atoms with van der Waals surface area (Å²) in [6.45, 7) is 0. The van der Waals surface area contributed by atoms with Gasteiger partial charge >= 0.3 is 12.1 Å². The first-order valence-electron chi connectivity index (χ1n) is 5.87. The molecule has 0 amide bonds. The Morgan fingerprint density at radius 2 is 1.70 bits per heavy atom. The van der Waals surface area contributed by atoms with Crippen LogP contribution in [0.4, 0.5) is 13.2 Å². The van der Waals surface area contributed by atoms with Crippen LogP contribution in [0.1, 0.15) is 11.1 Å². The number of carbonyl (C=O) groups is 1. The maximum atomic E-state index is 12.5. The highest BCUT2D eigenvalue weighted by atomic mass is 19.4. The number of esters is 1. The maximum Gasteiger partial charge on any atom is 0.416 e. The molecule has 2 aromatic carbocycles. The van der Waals surface area contributed by atoms with Crippen molar-refractivity contribution in [2.75, 3.05) is 0 Å². The highest BCUT2D eigenvalue weighted by molar-refractivity contribution is 5.75. The van der Waals surface area contributed by atoms with Gasteiger partial charge in [-0.05, 0) is 23.8 Å². The predicted octanol–water partition coefficient (Wildman–Crippen LogP) is 3.85. The maximum absolute atomic E-state index is 12.5. The van der Waals surface area contributed by atoms with Crippen LogP contribution >= 0.6 is 0 Å². The third kappa shape index (κ3) is 3.85. The third-order valence-electron chi connectivity index (χ3n) is 2.58. The molecule has 20 heavy (non-hydrogen) atoms. The molecule has 0 atom stereocenters. The van der Waals surface area contributed by atoms with Crippen LogP contribution in [0, 0.1) is 0 Å². The van der Waals surface area contributed by atoms with Crippen molar-refractivity contribution in [3.8, 4) is 5.75 Å². The fourth-order valence-corrected chi connectivity index (χ4v) is 1.68. The summed E-state index contributed by atoms with van der Waals surface area (Å²) < 4.78 is 42.6. The normalized spacial score (nSPS) is 11.2. The number of hydrogen-bond donors (Lipinski definition) is 0. The van der Waals surface area contributed by atoms with Gasteiger partial charge in [0.15, 0.2) is 0 Å². The summed E-state index contributed by atoms with van der Waals surface area (Å²) in [6.07, 6.45) is -4.63. The van der Waals surface area contributed by atoms with Gasteiger partial charge in [0.2, 0.25) is 0 Å². The molecule has 0 N–H and O–H groups in total. The number of hydrogen-bond acceptors (Lipinski definition) is 2. The number of carbonyl (C=O) groups excluding carboxylic acids is 1. The van der Waals surface area contributed by atoms with Gasteiger partial charge in [-0.15, -0.1) is 0 Å². The van der Waals surface area contributed by atoms with E-state index in [1.165, 1.54) is 12.1 Å². The number of halogens is 3. The molecule has 0 aliphatic carbocycles. The molecule has 0 radical (unpaired) electrons. The molecule has 0 aliphatic rings. The van der Waals surface area contributed by atoms with Crippen LogP contribution in [0.25, 0.3) is 0 Å². The topological polar surface area (TPSA) is 26.3 Å². The summed E-state index contributed by atoms with van der Waals surface area (Å²) in [7, 11) is 0. The molecule has 0 spiro atoms. The minimum Gasteiger partial charge on any atom is -0.426 e. The van der Waals surface area contributed by atoms with E-state index >= 15 is 0 Å². The average molecular weight is 280 g/mol. The summed E-state index contributed by atoms with van der Waals surface area (Å²) in [5.41, 5.74) is -0.511.